The summed E-state index contributed by atoms with van der Waals surface area (Å²) in [5.41, 5.74) is 6.31. The first-order valence-electron chi connectivity index (χ1n) is 6.88. The van der Waals surface area contributed by atoms with Crippen LogP contribution in [0.25, 0.3) is 0 Å². The van der Waals surface area contributed by atoms with Crippen LogP contribution in [-0.4, -0.2) is 60.5 Å². The molecule has 6 heteroatoms. The van der Waals surface area contributed by atoms with E-state index in [1.807, 2.05) is 12.1 Å². The summed E-state index contributed by atoms with van der Waals surface area (Å²) in [6, 6.07) is 3.72. The highest BCUT2D eigenvalue weighted by atomic mass is 79.9. The Hall–Kier alpha value is -0.980. The number of aromatic nitrogens is 1. The highest BCUT2D eigenvalue weighted by molar-refractivity contribution is 9.10. The highest BCUT2D eigenvalue weighted by Gasteiger charge is 2.24. The van der Waals surface area contributed by atoms with Crippen LogP contribution in [0.2, 0.25) is 0 Å². The molecule has 1 unspecified atom stereocenters. The van der Waals surface area contributed by atoms with E-state index in [-0.39, 0.29) is 11.8 Å². The van der Waals surface area contributed by atoms with Crippen LogP contribution in [0, 0.1) is 0 Å². The predicted octanol–water partition coefficient (Wildman–Crippen LogP) is 1.05. The Labute approximate surface area is 128 Å². The Morgan fingerprint density at radius 3 is 2.95 bits per heavy atom. The zero-order chi connectivity index (χ0) is 14.5. The lowest BCUT2D eigenvalue weighted by molar-refractivity contribution is -0.120. The van der Waals surface area contributed by atoms with Gasteiger partial charge >= 0.3 is 0 Å². The summed E-state index contributed by atoms with van der Waals surface area (Å²) in [5, 5.41) is 0. The van der Waals surface area contributed by atoms with Gasteiger partial charge in [0.05, 0.1) is 11.6 Å². The number of nitrogens with two attached hydrogens (primary N) is 1. The fourth-order valence-electron chi connectivity index (χ4n) is 2.48. The van der Waals surface area contributed by atoms with Crippen LogP contribution in [0.3, 0.4) is 0 Å². The molecule has 0 aromatic carbocycles. The molecular formula is C14H21BrN4O. The van der Waals surface area contributed by atoms with Crippen molar-refractivity contribution in [2.45, 2.75) is 12.3 Å². The van der Waals surface area contributed by atoms with Crippen molar-refractivity contribution in [2.75, 3.05) is 39.8 Å². The molecule has 1 aromatic rings. The van der Waals surface area contributed by atoms with E-state index in [2.05, 4.69) is 37.8 Å². The van der Waals surface area contributed by atoms with Crippen molar-refractivity contribution < 1.29 is 4.79 Å². The molecule has 5 nitrogen and oxygen atoms in total. The second kappa shape index (κ2) is 7.15. The predicted molar refractivity (Wildman–Crippen MR) is 82.4 cm³/mol. The van der Waals surface area contributed by atoms with Gasteiger partial charge in [-0.05, 0) is 38.7 Å². The van der Waals surface area contributed by atoms with Gasteiger partial charge in [-0.2, -0.15) is 0 Å². The van der Waals surface area contributed by atoms with Crippen molar-refractivity contribution >= 4 is 21.8 Å². The van der Waals surface area contributed by atoms with Crippen LogP contribution in [0.5, 0.6) is 0 Å². The summed E-state index contributed by atoms with van der Waals surface area (Å²) in [6.45, 7) is 4.74. The number of halogens is 1. The van der Waals surface area contributed by atoms with E-state index in [0.717, 1.165) is 42.8 Å². The molecule has 20 heavy (non-hydrogen) atoms. The summed E-state index contributed by atoms with van der Waals surface area (Å²) < 4.78 is 0.921. The minimum absolute atomic E-state index is 0.312. The van der Waals surface area contributed by atoms with Gasteiger partial charge in [0.2, 0.25) is 5.91 Å². The number of pyridine rings is 1. The van der Waals surface area contributed by atoms with Gasteiger partial charge in [-0.3, -0.25) is 9.78 Å². The third-order valence-electron chi connectivity index (χ3n) is 3.70. The number of likely N-dealkylation sites (N-methyl/N-ethyl adjacent to an activating group) is 1. The molecule has 2 rings (SSSR count). The molecule has 110 valence electrons. The van der Waals surface area contributed by atoms with E-state index in [1.54, 1.807) is 6.20 Å². The lowest BCUT2D eigenvalue weighted by atomic mass is 10.0. The van der Waals surface area contributed by atoms with Gasteiger partial charge < -0.3 is 15.5 Å². The molecule has 1 aliphatic heterocycles. The van der Waals surface area contributed by atoms with Gasteiger partial charge in [-0.1, -0.05) is 15.9 Å². The molecule has 0 radical (unpaired) electrons. The second-order valence-electron chi connectivity index (χ2n) is 5.31. The monoisotopic (exact) mass is 340 g/mol. The summed E-state index contributed by atoms with van der Waals surface area (Å²) in [7, 11) is 2.13. The first-order valence-corrected chi connectivity index (χ1v) is 7.67. The number of hydrogen-bond acceptors (Lipinski definition) is 4. The summed E-state index contributed by atoms with van der Waals surface area (Å²) in [4.78, 5) is 20.7. The Bertz CT molecular complexity index is 468. The zero-order valence-corrected chi connectivity index (χ0v) is 13.3. The maximum absolute atomic E-state index is 11.8. The summed E-state index contributed by atoms with van der Waals surface area (Å²) in [6.07, 6.45) is 2.82. The molecule has 1 atom stereocenters. The molecule has 0 bridgehead atoms. The van der Waals surface area contributed by atoms with E-state index in [0.29, 0.717) is 6.54 Å². The van der Waals surface area contributed by atoms with E-state index in [1.165, 1.54) is 0 Å². The third kappa shape index (κ3) is 4.26. The Morgan fingerprint density at radius 1 is 1.45 bits per heavy atom. The fraction of sp³-hybridized carbons (Fsp3) is 0.571. The largest absolute Gasteiger partial charge is 0.369 e. The van der Waals surface area contributed by atoms with Crippen LogP contribution in [0.4, 0.5) is 0 Å². The van der Waals surface area contributed by atoms with Crippen molar-refractivity contribution in [2.24, 2.45) is 5.73 Å². The van der Waals surface area contributed by atoms with Crippen LogP contribution in [-0.2, 0) is 4.79 Å². The van der Waals surface area contributed by atoms with Crippen LogP contribution < -0.4 is 5.73 Å². The standard InChI is InChI=1S/C14H21BrN4O/c1-18-5-2-6-19(8-7-18)10-12(14(16)20)13-9-11(15)3-4-17-13/h3-4,9,12H,2,5-8,10H2,1H3,(H2,16,20). The maximum Gasteiger partial charge on any atom is 0.227 e. The van der Waals surface area contributed by atoms with Crippen LogP contribution >= 0.6 is 15.9 Å². The van der Waals surface area contributed by atoms with E-state index in [4.69, 9.17) is 5.73 Å². The normalized spacial score (nSPS) is 19.5. The quantitative estimate of drug-likeness (QED) is 0.889. The summed E-state index contributed by atoms with van der Waals surface area (Å²) >= 11 is 3.41. The van der Waals surface area contributed by atoms with Crippen molar-refractivity contribution in [3.63, 3.8) is 0 Å². The molecule has 1 saturated heterocycles. The van der Waals surface area contributed by atoms with Gasteiger partial charge in [0.1, 0.15) is 0 Å². The minimum Gasteiger partial charge on any atom is -0.369 e. The SMILES string of the molecule is CN1CCCN(CC(C(N)=O)c2cc(Br)ccn2)CC1. The van der Waals surface area contributed by atoms with E-state index < -0.39 is 0 Å². The molecule has 2 heterocycles. The number of rotatable bonds is 4. The molecule has 1 aromatic heterocycles. The molecular weight excluding hydrogens is 320 g/mol. The van der Waals surface area contributed by atoms with Crippen LogP contribution in [0.1, 0.15) is 18.0 Å². The van der Waals surface area contributed by atoms with Crippen molar-refractivity contribution in [1.82, 2.24) is 14.8 Å². The zero-order valence-electron chi connectivity index (χ0n) is 11.8. The van der Waals surface area contributed by atoms with Crippen molar-refractivity contribution in [1.29, 1.82) is 0 Å². The molecule has 0 aliphatic carbocycles. The van der Waals surface area contributed by atoms with Gasteiger partial charge in [-0.15, -0.1) is 0 Å². The Balaban J connectivity index is 2.08. The van der Waals surface area contributed by atoms with Gasteiger partial charge in [0.25, 0.3) is 0 Å². The smallest absolute Gasteiger partial charge is 0.227 e. The molecule has 0 saturated carbocycles. The van der Waals surface area contributed by atoms with Crippen molar-refractivity contribution in [3.05, 3.63) is 28.5 Å². The average Bonchev–Trinajstić information content (AvgIpc) is 2.60. The lowest BCUT2D eigenvalue weighted by Gasteiger charge is -2.24. The molecule has 1 fully saturated rings. The van der Waals surface area contributed by atoms with Gasteiger partial charge in [0.15, 0.2) is 0 Å². The molecule has 0 spiro atoms. The van der Waals surface area contributed by atoms with E-state index >= 15 is 0 Å². The minimum atomic E-state index is -0.351. The maximum atomic E-state index is 11.8. The number of carbonyl (C=O) groups is 1. The van der Waals surface area contributed by atoms with Crippen molar-refractivity contribution in [3.8, 4) is 0 Å². The lowest BCUT2D eigenvalue weighted by Crippen LogP contribution is -2.37. The van der Waals surface area contributed by atoms with Crippen LogP contribution in [0.15, 0.2) is 22.8 Å². The number of nitrogens with zero attached hydrogens (tertiary/aromatic N) is 3. The topological polar surface area (TPSA) is 62.5 Å². The first kappa shape index (κ1) is 15.4. The molecule has 2 N–H and O–H groups in total. The molecule has 1 aliphatic rings. The fourth-order valence-corrected chi connectivity index (χ4v) is 2.83. The number of carbonyl (C=O) groups excluding carboxylic acids is 1. The number of hydrogen-bond donors (Lipinski definition) is 1. The first-order chi connectivity index (χ1) is 9.56. The summed E-state index contributed by atoms with van der Waals surface area (Å²) in [5.74, 6) is -0.663. The van der Waals surface area contributed by atoms with E-state index in [9.17, 15) is 4.79 Å². The Kier molecular flexibility index (Phi) is 5.51. The highest BCUT2D eigenvalue weighted by Crippen LogP contribution is 2.19. The van der Waals surface area contributed by atoms with Gasteiger partial charge in [-0.25, -0.2) is 0 Å². The van der Waals surface area contributed by atoms with Gasteiger partial charge in [0, 0.05) is 30.3 Å². The average molecular weight is 341 g/mol. The number of primary amides is 1. The number of amides is 1. The third-order valence-corrected chi connectivity index (χ3v) is 4.19. The second-order valence-corrected chi connectivity index (χ2v) is 6.23. The Morgan fingerprint density at radius 2 is 2.25 bits per heavy atom. The molecule has 1 amide bonds.